The third kappa shape index (κ3) is 2.89. The molecule has 0 amide bonds. The van der Waals surface area contributed by atoms with E-state index in [9.17, 15) is 0 Å². The molecule has 0 unspecified atom stereocenters. The minimum atomic E-state index is 0.155. The zero-order valence-corrected chi connectivity index (χ0v) is 18.6. The summed E-state index contributed by atoms with van der Waals surface area (Å²) < 4.78 is 6.05. The van der Waals surface area contributed by atoms with Crippen LogP contribution in [0.25, 0.3) is 66.3 Å². The lowest BCUT2D eigenvalue weighted by molar-refractivity contribution is 0.669. The monoisotopic (exact) mass is 457 g/mol. The van der Waals surface area contributed by atoms with E-state index in [0.717, 1.165) is 43.8 Å². The molecule has 7 rings (SSSR count). The molecule has 0 aliphatic rings. The predicted octanol–water partition coefficient (Wildman–Crippen LogP) is 8.06. The minimum absolute atomic E-state index is 0.155. The van der Waals surface area contributed by atoms with E-state index in [1.807, 2.05) is 54.6 Å². The van der Waals surface area contributed by atoms with Gasteiger partial charge in [0.05, 0.1) is 0 Å². The molecule has 0 saturated heterocycles. The number of benzene rings is 5. The molecule has 0 aliphatic carbocycles. The summed E-state index contributed by atoms with van der Waals surface area (Å²) in [5.41, 5.74) is 3.39. The Morgan fingerprint density at radius 1 is 0.500 bits per heavy atom. The van der Waals surface area contributed by atoms with Crippen molar-refractivity contribution in [1.82, 2.24) is 15.0 Å². The lowest BCUT2D eigenvalue weighted by Crippen LogP contribution is -1.98. The lowest BCUT2D eigenvalue weighted by Gasteiger charge is -2.10. The van der Waals surface area contributed by atoms with Crippen molar-refractivity contribution in [3.05, 3.63) is 102 Å². The van der Waals surface area contributed by atoms with Gasteiger partial charge in [-0.1, -0.05) is 84.9 Å². The Morgan fingerprint density at radius 2 is 1.18 bits per heavy atom. The van der Waals surface area contributed by atoms with E-state index >= 15 is 0 Å². The van der Waals surface area contributed by atoms with Crippen LogP contribution in [-0.4, -0.2) is 15.0 Å². The van der Waals surface area contributed by atoms with Crippen molar-refractivity contribution in [3.8, 4) is 22.8 Å². The SMILES string of the molecule is Clc1nc(-c2cccc3c2ccc2ccccc23)nc(-c2cccc3oc4ccccc4c23)n1. The molecule has 0 N–H and O–H groups in total. The number of halogens is 1. The summed E-state index contributed by atoms with van der Waals surface area (Å²) in [6.45, 7) is 0. The Labute approximate surface area is 199 Å². The molecule has 160 valence electrons. The van der Waals surface area contributed by atoms with Gasteiger partial charge in [0.2, 0.25) is 5.28 Å². The van der Waals surface area contributed by atoms with Gasteiger partial charge in [0, 0.05) is 21.9 Å². The average Bonchev–Trinajstić information content (AvgIpc) is 3.27. The van der Waals surface area contributed by atoms with E-state index in [-0.39, 0.29) is 5.28 Å². The summed E-state index contributed by atoms with van der Waals surface area (Å²) >= 11 is 6.45. The quantitative estimate of drug-likeness (QED) is 0.246. The van der Waals surface area contributed by atoms with Crippen molar-refractivity contribution >= 4 is 55.1 Å². The maximum atomic E-state index is 6.45. The van der Waals surface area contributed by atoms with E-state index < -0.39 is 0 Å². The topological polar surface area (TPSA) is 51.8 Å². The first-order valence-electron chi connectivity index (χ1n) is 11.0. The summed E-state index contributed by atoms with van der Waals surface area (Å²) in [5, 5.41) is 6.75. The Kier molecular flexibility index (Phi) is 4.16. The molecule has 0 fully saturated rings. The molecular weight excluding hydrogens is 442 g/mol. The number of rotatable bonds is 2. The van der Waals surface area contributed by atoms with Crippen LogP contribution < -0.4 is 0 Å². The highest BCUT2D eigenvalue weighted by molar-refractivity contribution is 6.28. The maximum absolute atomic E-state index is 6.45. The second kappa shape index (κ2) is 7.37. The maximum Gasteiger partial charge on any atom is 0.226 e. The van der Waals surface area contributed by atoms with E-state index in [2.05, 4.69) is 52.4 Å². The molecule has 34 heavy (non-hydrogen) atoms. The van der Waals surface area contributed by atoms with Crippen molar-refractivity contribution in [3.63, 3.8) is 0 Å². The number of nitrogens with zero attached hydrogens (tertiary/aromatic N) is 3. The number of para-hydroxylation sites is 1. The van der Waals surface area contributed by atoms with Gasteiger partial charge >= 0.3 is 0 Å². The summed E-state index contributed by atoms with van der Waals surface area (Å²) in [7, 11) is 0. The van der Waals surface area contributed by atoms with Crippen molar-refractivity contribution < 1.29 is 4.42 Å². The zero-order valence-electron chi connectivity index (χ0n) is 17.9. The summed E-state index contributed by atoms with van der Waals surface area (Å²) in [6.07, 6.45) is 0. The Morgan fingerprint density at radius 3 is 2.09 bits per heavy atom. The van der Waals surface area contributed by atoms with Crippen LogP contribution in [0, 0.1) is 0 Å². The van der Waals surface area contributed by atoms with Crippen LogP contribution in [0.1, 0.15) is 0 Å². The largest absolute Gasteiger partial charge is 0.456 e. The number of hydrogen-bond donors (Lipinski definition) is 0. The molecule has 0 aliphatic heterocycles. The number of aromatic nitrogens is 3. The fourth-order valence-electron chi connectivity index (χ4n) is 4.79. The first-order chi connectivity index (χ1) is 16.8. The van der Waals surface area contributed by atoms with Gasteiger partial charge in [0.25, 0.3) is 0 Å². The van der Waals surface area contributed by atoms with Gasteiger partial charge in [-0.3, -0.25) is 0 Å². The summed E-state index contributed by atoms with van der Waals surface area (Å²) in [4.78, 5) is 13.9. The predicted molar refractivity (Wildman–Crippen MR) is 138 cm³/mol. The highest BCUT2D eigenvalue weighted by Crippen LogP contribution is 2.37. The standard InChI is InChI=1S/C29H16ClN3O/c30-29-32-27(21-11-5-10-19-18-8-2-1-7-17(18)15-16-20(19)21)31-28(33-29)23-12-6-14-25-26(23)22-9-3-4-13-24(22)34-25/h1-16H. The summed E-state index contributed by atoms with van der Waals surface area (Å²) in [5.74, 6) is 1.06. The minimum Gasteiger partial charge on any atom is -0.456 e. The first kappa shape index (κ1) is 19.2. The van der Waals surface area contributed by atoms with Crippen LogP contribution in [0.4, 0.5) is 0 Å². The molecule has 7 aromatic rings. The van der Waals surface area contributed by atoms with Gasteiger partial charge in [-0.25, -0.2) is 4.98 Å². The summed E-state index contributed by atoms with van der Waals surface area (Å²) in [6, 6.07) is 32.7. The van der Waals surface area contributed by atoms with Crippen LogP contribution in [0.5, 0.6) is 0 Å². The average molecular weight is 458 g/mol. The third-order valence-electron chi connectivity index (χ3n) is 6.28. The van der Waals surface area contributed by atoms with Crippen molar-refractivity contribution in [1.29, 1.82) is 0 Å². The Hall–Kier alpha value is -4.28. The Balaban J connectivity index is 1.49. The van der Waals surface area contributed by atoms with Crippen LogP contribution in [-0.2, 0) is 0 Å². The molecule has 5 heteroatoms. The number of furan rings is 1. The van der Waals surface area contributed by atoms with Gasteiger partial charge in [-0.15, -0.1) is 0 Å². The normalized spacial score (nSPS) is 11.7. The molecule has 0 bridgehead atoms. The van der Waals surface area contributed by atoms with Crippen molar-refractivity contribution in [2.75, 3.05) is 0 Å². The number of hydrogen-bond acceptors (Lipinski definition) is 4. The second-order valence-corrected chi connectivity index (χ2v) is 8.55. The van der Waals surface area contributed by atoms with E-state index in [1.54, 1.807) is 0 Å². The molecule has 4 nitrogen and oxygen atoms in total. The van der Waals surface area contributed by atoms with Crippen molar-refractivity contribution in [2.45, 2.75) is 0 Å². The highest BCUT2D eigenvalue weighted by atomic mass is 35.5. The molecular formula is C29H16ClN3O. The van der Waals surface area contributed by atoms with Gasteiger partial charge < -0.3 is 4.42 Å². The molecule has 0 spiro atoms. The van der Waals surface area contributed by atoms with E-state index in [4.69, 9.17) is 21.0 Å². The van der Waals surface area contributed by atoms with Crippen LogP contribution in [0.2, 0.25) is 5.28 Å². The van der Waals surface area contributed by atoms with Crippen LogP contribution in [0.15, 0.2) is 101 Å². The van der Waals surface area contributed by atoms with Crippen molar-refractivity contribution in [2.24, 2.45) is 0 Å². The van der Waals surface area contributed by atoms with Gasteiger partial charge in [-0.2, -0.15) is 9.97 Å². The van der Waals surface area contributed by atoms with Gasteiger partial charge in [0.1, 0.15) is 11.2 Å². The van der Waals surface area contributed by atoms with Gasteiger partial charge in [0.15, 0.2) is 11.6 Å². The molecule has 5 aromatic carbocycles. The lowest BCUT2D eigenvalue weighted by atomic mass is 9.98. The highest BCUT2D eigenvalue weighted by Gasteiger charge is 2.17. The fourth-order valence-corrected chi connectivity index (χ4v) is 4.95. The van der Waals surface area contributed by atoms with Crippen LogP contribution >= 0.6 is 11.6 Å². The molecule has 2 aromatic heterocycles. The zero-order chi connectivity index (χ0) is 22.6. The second-order valence-electron chi connectivity index (χ2n) is 8.22. The molecule has 0 radical (unpaired) electrons. The fraction of sp³-hybridized carbons (Fsp3) is 0. The molecule has 2 heterocycles. The van der Waals surface area contributed by atoms with E-state index in [1.165, 1.54) is 10.8 Å². The molecule has 0 saturated carbocycles. The third-order valence-corrected chi connectivity index (χ3v) is 6.45. The Bertz CT molecular complexity index is 1890. The number of fused-ring (bicyclic) bond motifs is 6. The molecule has 0 atom stereocenters. The van der Waals surface area contributed by atoms with E-state index in [0.29, 0.717) is 11.6 Å². The smallest absolute Gasteiger partial charge is 0.226 e. The van der Waals surface area contributed by atoms with Gasteiger partial charge in [-0.05, 0) is 45.3 Å². The first-order valence-corrected chi connectivity index (χ1v) is 11.4. The van der Waals surface area contributed by atoms with Crippen LogP contribution in [0.3, 0.4) is 0 Å².